The number of aliphatic hydroxyl groups excluding tert-OH is 1. The number of hydrogen-bond acceptors (Lipinski definition) is 6. The number of amides is 3. The fraction of sp³-hybridized carbons (Fsp3) is 0.567. The molecule has 9 heteroatoms. The van der Waals surface area contributed by atoms with Gasteiger partial charge in [0.25, 0.3) is 5.91 Å². The standard InChI is InChI=1S/C30H42N4O5/c1-6-17-31(5)27(36)24-23-15-16-30(39-23)25(24)28(37)34(19-10-20-35)26(30)29(38)33(18-7-2)22-13-11-21(12-14-22)32(8-3)9-4/h6-7,11-14,23-26,35H,1-2,8-10,15-20H2,3-5H3/t23-,24+,25+,26?,30?/m1/s1. The third-order valence-electron chi connectivity index (χ3n) is 8.52. The summed E-state index contributed by atoms with van der Waals surface area (Å²) in [5, 5.41) is 9.57. The van der Waals surface area contributed by atoms with Gasteiger partial charge in [0, 0.05) is 57.8 Å². The molecule has 9 nitrogen and oxygen atoms in total. The van der Waals surface area contributed by atoms with E-state index < -0.39 is 29.6 Å². The largest absolute Gasteiger partial charge is 0.396 e. The molecular weight excluding hydrogens is 496 g/mol. The molecule has 0 radical (unpaired) electrons. The second-order valence-corrected chi connectivity index (χ2v) is 10.6. The minimum absolute atomic E-state index is 0.112. The summed E-state index contributed by atoms with van der Waals surface area (Å²) < 4.78 is 6.53. The second kappa shape index (κ2) is 11.9. The average molecular weight is 539 g/mol. The predicted octanol–water partition coefficient (Wildman–Crippen LogP) is 2.45. The predicted molar refractivity (Wildman–Crippen MR) is 151 cm³/mol. The molecule has 3 aliphatic rings. The molecule has 212 valence electrons. The number of rotatable bonds is 13. The lowest BCUT2D eigenvalue weighted by atomic mass is 9.70. The van der Waals surface area contributed by atoms with E-state index in [1.165, 1.54) is 0 Å². The van der Waals surface area contributed by atoms with Crippen molar-refractivity contribution in [3.8, 4) is 0 Å². The number of likely N-dealkylation sites (N-methyl/N-ethyl adjacent to an activating group) is 1. The molecule has 0 aliphatic carbocycles. The third kappa shape index (κ3) is 4.87. The molecule has 3 fully saturated rings. The maximum absolute atomic E-state index is 14.4. The Morgan fingerprint density at radius 2 is 1.74 bits per heavy atom. The zero-order valence-electron chi connectivity index (χ0n) is 23.4. The Morgan fingerprint density at radius 1 is 1.10 bits per heavy atom. The summed E-state index contributed by atoms with van der Waals surface area (Å²) in [5.74, 6) is -2.05. The van der Waals surface area contributed by atoms with Gasteiger partial charge >= 0.3 is 0 Å². The quantitative estimate of drug-likeness (QED) is 0.388. The van der Waals surface area contributed by atoms with E-state index in [2.05, 4.69) is 31.9 Å². The molecule has 5 atom stereocenters. The molecule has 3 aliphatic heterocycles. The van der Waals surface area contributed by atoms with Gasteiger partial charge in [-0.2, -0.15) is 0 Å². The summed E-state index contributed by atoms with van der Waals surface area (Å²) in [6.45, 7) is 14.3. The Morgan fingerprint density at radius 3 is 2.33 bits per heavy atom. The van der Waals surface area contributed by atoms with Crippen LogP contribution in [0.5, 0.6) is 0 Å². The first-order chi connectivity index (χ1) is 18.8. The lowest BCUT2D eigenvalue weighted by Crippen LogP contribution is -2.56. The second-order valence-electron chi connectivity index (χ2n) is 10.6. The number of ether oxygens (including phenoxy) is 1. The number of carbonyl (C=O) groups excluding carboxylic acids is 3. The van der Waals surface area contributed by atoms with Crippen LogP contribution in [0.3, 0.4) is 0 Å². The number of carbonyl (C=O) groups is 3. The van der Waals surface area contributed by atoms with Crippen molar-refractivity contribution < 1.29 is 24.2 Å². The molecule has 1 N–H and O–H groups in total. The van der Waals surface area contributed by atoms with E-state index in [-0.39, 0.29) is 37.4 Å². The van der Waals surface area contributed by atoms with Crippen LogP contribution < -0.4 is 9.80 Å². The first-order valence-corrected chi connectivity index (χ1v) is 14.0. The Hall–Kier alpha value is -3.17. The summed E-state index contributed by atoms with van der Waals surface area (Å²) in [7, 11) is 1.70. The van der Waals surface area contributed by atoms with Gasteiger partial charge in [0.05, 0.1) is 17.9 Å². The van der Waals surface area contributed by atoms with E-state index >= 15 is 0 Å². The van der Waals surface area contributed by atoms with E-state index in [1.54, 1.807) is 33.9 Å². The summed E-state index contributed by atoms with van der Waals surface area (Å²) in [4.78, 5) is 48.9. The van der Waals surface area contributed by atoms with Crippen LogP contribution in [0.4, 0.5) is 11.4 Å². The molecule has 3 amide bonds. The number of benzene rings is 1. The summed E-state index contributed by atoms with van der Waals surface area (Å²) in [5.41, 5.74) is 0.692. The van der Waals surface area contributed by atoms with E-state index in [4.69, 9.17) is 4.74 Å². The summed E-state index contributed by atoms with van der Waals surface area (Å²) in [6, 6.07) is 6.94. The first-order valence-electron chi connectivity index (χ1n) is 14.0. The van der Waals surface area contributed by atoms with Gasteiger partial charge in [-0.1, -0.05) is 12.2 Å². The Labute approximate surface area is 231 Å². The van der Waals surface area contributed by atoms with Crippen LogP contribution in [0.2, 0.25) is 0 Å². The smallest absolute Gasteiger partial charge is 0.253 e. The van der Waals surface area contributed by atoms with Crippen molar-refractivity contribution in [1.29, 1.82) is 0 Å². The SMILES string of the molecule is C=CCN(C)C(=O)[C@@H]1[C@H]2C(=O)N(CCCO)C(C(=O)N(CC=C)c3ccc(N(CC)CC)cc3)C23CC[C@H]1O3. The molecule has 3 heterocycles. The highest BCUT2D eigenvalue weighted by Gasteiger charge is 2.74. The van der Waals surface area contributed by atoms with Crippen molar-refractivity contribution in [3.05, 3.63) is 49.6 Å². The maximum Gasteiger partial charge on any atom is 0.253 e. The van der Waals surface area contributed by atoms with E-state index in [0.717, 1.165) is 18.8 Å². The number of anilines is 2. The van der Waals surface area contributed by atoms with Crippen LogP contribution in [-0.4, -0.2) is 96.8 Å². The Kier molecular flexibility index (Phi) is 8.81. The van der Waals surface area contributed by atoms with Crippen LogP contribution in [0.1, 0.15) is 33.1 Å². The van der Waals surface area contributed by atoms with Gasteiger partial charge in [-0.05, 0) is 57.4 Å². The number of hydrogen-bond donors (Lipinski definition) is 1. The molecular formula is C30H42N4O5. The molecule has 1 aromatic rings. The summed E-state index contributed by atoms with van der Waals surface area (Å²) in [6.07, 6.45) is 4.38. The summed E-state index contributed by atoms with van der Waals surface area (Å²) >= 11 is 0. The van der Waals surface area contributed by atoms with Gasteiger partial charge in [-0.25, -0.2) is 0 Å². The van der Waals surface area contributed by atoms with Gasteiger partial charge < -0.3 is 29.4 Å². The van der Waals surface area contributed by atoms with Crippen LogP contribution >= 0.6 is 0 Å². The normalized spacial score (nSPS) is 26.9. The van der Waals surface area contributed by atoms with Gasteiger partial charge in [0.1, 0.15) is 11.6 Å². The van der Waals surface area contributed by atoms with E-state index in [9.17, 15) is 19.5 Å². The third-order valence-corrected chi connectivity index (χ3v) is 8.52. The van der Waals surface area contributed by atoms with Crippen LogP contribution in [-0.2, 0) is 19.1 Å². The highest BCUT2D eigenvalue weighted by molar-refractivity contribution is 6.05. The minimum atomic E-state index is -1.08. The zero-order chi connectivity index (χ0) is 28.3. The zero-order valence-corrected chi connectivity index (χ0v) is 23.4. The van der Waals surface area contributed by atoms with Crippen molar-refractivity contribution in [3.63, 3.8) is 0 Å². The number of aliphatic hydroxyl groups is 1. The van der Waals surface area contributed by atoms with E-state index in [0.29, 0.717) is 31.5 Å². The number of fused-ring (bicyclic) bond motifs is 1. The minimum Gasteiger partial charge on any atom is -0.396 e. The molecule has 0 saturated carbocycles. The molecule has 0 aromatic heterocycles. The average Bonchev–Trinajstić information content (AvgIpc) is 3.58. The van der Waals surface area contributed by atoms with Gasteiger partial charge in [0.15, 0.2) is 0 Å². The van der Waals surface area contributed by atoms with Crippen molar-refractivity contribution in [1.82, 2.24) is 9.80 Å². The van der Waals surface area contributed by atoms with Crippen molar-refractivity contribution in [2.24, 2.45) is 11.8 Å². The fourth-order valence-corrected chi connectivity index (χ4v) is 6.77. The van der Waals surface area contributed by atoms with Gasteiger partial charge in [-0.15, -0.1) is 13.2 Å². The first kappa shape index (κ1) is 28.8. The number of nitrogens with zero attached hydrogens (tertiary/aromatic N) is 4. The Bertz CT molecular complexity index is 1090. The molecule has 1 aromatic carbocycles. The maximum atomic E-state index is 14.4. The molecule has 3 saturated heterocycles. The van der Waals surface area contributed by atoms with E-state index in [1.807, 2.05) is 24.3 Å². The van der Waals surface area contributed by atoms with Gasteiger partial charge in [0.2, 0.25) is 11.8 Å². The highest BCUT2D eigenvalue weighted by atomic mass is 16.5. The van der Waals surface area contributed by atoms with Crippen molar-refractivity contribution >= 4 is 29.1 Å². The molecule has 2 bridgehead atoms. The Balaban J connectivity index is 1.72. The fourth-order valence-electron chi connectivity index (χ4n) is 6.77. The molecule has 1 spiro atoms. The van der Waals surface area contributed by atoms with Crippen LogP contribution in [0, 0.1) is 11.8 Å². The lowest BCUT2D eigenvalue weighted by molar-refractivity contribution is -0.144. The van der Waals surface area contributed by atoms with Crippen LogP contribution in [0.15, 0.2) is 49.6 Å². The molecule has 39 heavy (non-hydrogen) atoms. The molecule has 2 unspecified atom stereocenters. The number of likely N-dealkylation sites (tertiary alicyclic amines) is 1. The van der Waals surface area contributed by atoms with Gasteiger partial charge in [-0.3, -0.25) is 14.4 Å². The lowest BCUT2D eigenvalue weighted by Gasteiger charge is -2.37. The van der Waals surface area contributed by atoms with Crippen molar-refractivity contribution in [2.75, 3.05) is 56.2 Å². The van der Waals surface area contributed by atoms with Crippen molar-refractivity contribution in [2.45, 2.75) is 50.9 Å². The monoisotopic (exact) mass is 538 g/mol. The highest BCUT2D eigenvalue weighted by Crippen LogP contribution is 2.59. The molecule has 4 rings (SSSR count). The topological polar surface area (TPSA) is 93.6 Å². The van der Waals surface area contributed by atoms with Crippen LogP contribution in [0.25, 0.3) is 0 Å².